The second-order valence-electron chi connectivity index (χ2n) is 3.95. The van der Waals surface area contributed by atoms with Crippen molar-refractivity contribution in [2.45, 2.75) is 26.3 Å². The van der Waals surface area contributed by atoms with Gasteiger partial charge in [-0.2, -0.15) is 0 Å². The highest BCUT2D eigenvalue weighted by Crippen LogP contribution is 2.26. The van der Waals surface area contributed by atoms with Gasteiger partial charge in [-0.1, -0.05) is 31.9 Å². The molecule has 2 unspecified atom stereocenters. The lowest BCUT2D eigenvalue weighted by atomic mass is 10.00. The number of hydrogen-bond acceptors (Lipinski definition) is 2. The zero-order chi connectivity index (χ0) is 12.1. The molecular weight excluding hydrogens is 289 g/mol. The molecule has 16 heavy (non-hydrogen) atoms. The third-order valence-electron chi connectivity index (χ3n) is 2.80. The Hall–Kier alpha value is -0.250. The molecule has 0 aliphatic heterocycles. The van der Waals surface area contributed by atoms with Crippen molar-refractivity contribution in [3.63, 3.8) is 0 Å². The van der Waals surface area contributed by atoms with Gasteiger partial charge in [-0.25, -0.2) is 0 Å². The Morgan fingerprint density at radius 1 is 1.50 bits per heavy atom. The van der Waals surface area contributed by atoms with Gasteiger partial charge in [0.05, 0.1) is 17.7 Å². The Kier molecular flexibility index (Phi) is 5.59. The van der Waals surface area contributed by atoms with E-state index in [1.54, 1.807) is 0 Å². The van der Waals surface area contributed by atoms with E-state index in [0.717, 1.165) is 16.6 Å². The molecule has 1 rings (SSSR count). The fourth-order valence-corrected chi connectivity index (χ4v) is 1.95. The van der Waals surface area contributed by atoms with E-state index >= 15 is 0 Å². The maximum Gasteiger partial charge on any atom is 0.0635 e. The van der Waals surface area contributed by atoms with Gasteiger partial charge in [0, 0.05) is 10.2 Å². The molecule has 0 spiro atoms. The third kappa shape index (κ3) is 3.65. The van der Waals surface area contributed by atoms with Gasteiger partial charge in [0.2, 0.25) is 0 Å². The van der Waals surface area contributed by atoms with Crippen LogP contribution in [-0.2, 0) is 0 Å². The lowest BCUT2D eigenvalue weighted by Gasteiger charge is -2.23. The smallest absolute Gasteiger partial charge is 0.0635 e. The number of benzene rings is 1. The molecule has 0 heterocycles. The summed E-state index contributed by atoms with van der Waals surface area (Å²) in [4.78, 5) is 0. The molecule has 0 bridgehead atoms. The van der Waals surface area contributed by atoms with Crippen molar-refractivity contribution in [2.24, 2.45) is 5.92 Å². The predicted octanol–water partition coefficient (Wildman–Crippen LogP) is 3.92. The van der Waals surface area contributed by atoms with E-state index in [9.17, 15) is 5.11 Å². The van der Waals surface area contributed by atoms with Crippen molar-refractivity contribution in [3.8, 4) is 0 Å². The summed E-state index contributed by atoms with van der Waals surface area (Å²) in [5, 5.41) is 13.3. The van der Waals surface area contributed by atoms with Crippen molar-refractivity contribution in [2.75, 3.05) is 11.9 Å². The quantitative estimate of drug-likeness (QED) is 0.864. The van der Waals surface area contributed by atoms with Crippen LogP contribution in [0.2, 0.25) is 5.02 Å². The molecule has 0 saturated heterocycles. The van der Waals surface area contributed by atoms with Crippen molar-refractivity contribution < 1.29 is 5.11 Å². The molecule has 0 fully saturated rings. The van der Waals surface area contributed by atoms with Crippen molar-refractivity contribution >= 4 is 33.2 Å². The Labute approximate surface area is 110 Å². The number of nitrogens with one attached hydrogen (secondary N) is 1. The lowest BCUT2D eigenvalue weighted by Crippen LogP contribution is -2.30. The molecule has 0 radical (unpaired) electrons. The van der Waals surface area contributed by atoms with Gasteiger partial charge in [0.15, 0.2) is 0 Å². The van der Waals surface area contributed by atoms with Gasteiger partial charge in [0.1, 0.15) is 0 Å². The minimum absolute atomic E-state index is 0.0816. The van der Waals surface area contributed by atoms with E-state index in [1.807, 2.05) is 18.2 Å². The minimum Gasteiger partial charge on any atom is -0.394 e. The minimum atomic E-state index is 0.0816. The van der Waals surface area contributed by atoms with E-state index in [4.69, 9.17) is 11.6 Å². The van der Waals surface area contributed by atoms with Gasteiger partial charge < -0.3 is 10.4 Å². The molecule has 2 atom stereocenters. The summed E-state index contributed by atoms with van der Waals surface area (Å²) < 4.78 is 0.861. The van der Waals surface area contributed by atoms with Crippen LogP contribution in [0.1, 0.15) is 20.3 Å². The van der Waals surface area contributed by atoms with Crippen LogP contribution in [-0.4, -0.2) is 17.8 Å². The molecule has 2 nitrogen and oxygen atoms in total. The van der Waals surface area contributed by atoms with Gasteiger partial charge >= 0.3 is 0 Å². The van der Waals surface area contributed by atoms with Crippen LogP contribution < -0.4 is 5.32 Å². The van der Waals surface area contributed by atoms with Gasteiger partial charge in [-0.05, 0) is 40.0 Å². The normalized spacial score (nSPS) is 14.6. The molecule has 0 saturated carbocycles. The average molecular weight is 307 g/mol. The van der Waals surface area contributed by atoms with Crippen LogP contribution in [0.4, 0.5) is 5.69 Å². The molecule has 4 heteroatoms. The SMILES string of the molecule is CCC(C)C(CO)Nc1ccc(Cl)c(Br)c1. The number of aliphatic hydroxyl groups excluding tert-OH is 1. The second kappa shape index (κ2) is 6.48. The van der Waals surface area contributed by atoms with E-state index in [1.165, 1.54) is 0 Å². The molecule has 1 aromatic carbocycles. The van der Waals surface area contributed by atoms with Gasteiger partial charge in [-0.15, -0.1) is 0 Å². The zero-order valence-electron chi connectivity index (χ0n) is 9.50. The zero-order valence-corrected chi connectivity index (χ0v) is 11.8. The van der Waals surface area contributed by atoms with Crippen LogP contribution in [0.5, 0.6) is 0 Å². The highest BCUT2D eigenvalue weighted by atomic mass is 79.9. The van der Waals surface area contributed by atoms with Crippen LogP contribution in [0.15, 0.2) is 22.7 Å². The average Bonchev–Trinajstić information content (AvgIpc) is 2.29. The first-order valence-electron chi connectivity index (χ1n) is 5.41. The van der Waals surface area contributed by atoms with Crippen molar-refractivity contribution in [1.29, 1.82) is 0 Å². The van der Waals surface area contributed by atoms with Crippen LogP contribution >= 0.6 is 27.5 Å². The Morgan fingerprint density at radius 3 is 2.69 bits per heavy atom. The van der Waals surface area contributed by atoms with E-state index in [2.05, 4.69) is 35.1 Å². The summed E-state index contributed by atoms with van der Waals surface area (Å²) in [6.45, 7) is 4.38. The maximum absolute atomic E-state index is 9.31. The molecule has 90 valence electrons. The number of halogens is 2. The van der Waals surface area contributed by atoms with Gasteiger partial charge in [0.25, 0.3) is 0 Å². The summed E-state index contributed by atoms with van der Waals surface area (Å²) >= 11 is 9.29. The molecule has 0 aromatic heterocycles. The molecule has 0 aliphatic rings. The fourth-order valence-electron chi connectivity index (χ4n) is 1.45. The van der Waals surface area contributed by atoms with E-state index in [0.29, 0.717) is 10.9 Å². The number of aliphatic hydroxyl groups is 1. The Morgan fingerprint density at radius 2 is 2.19 bits per heavy atom. The highest BCUT2D eigenvalue weighted by molar-refractivity contribution is 9.10. The summed E-state index contributed by atoms with van der Waals surface area (Å²) in [5.41, 5.74) is 0.968. The van der Waals surface area contributed by atoms with Crippen LogP contribution in [0.25, 0.3) is 0 Å². The number of anilines is 1. The second-order valence-corrected chi connectivity index (χ2v) is 5.21. The first-order valence-corrected chi connectivity index (χ1v) is 6.58. The van der Waals surface area contributed by atoms with Crippen LogP contribution in [0.3, 0.4) is 0 Å². The maximum atomic E-state index is 9.31. The molecule has 0 aliphatic carbocycles. The summed E-state index contributed by atoms with van der Waals surface area (Å²) in [7, 11) is 0. The number of hydrogen-bond donors (Lipinski definition) is 2. The molecular formula is C12H17BrClNO. The predicted molar refractivity (Wildman–Crippen MR) is 73.1 cm³/mol. The van der Waals surface area contributed by atoms with E-state index < -0.39 is 0 Å². The van der Waals surface area contributed by atoms with Gasteiger partial charge in [-0.3, -0.25) is 0 Å². The lowest BCUT2D eigenvalue weighted by molar-refractivity contribution is 0.241. The topological polar surface area (TPSA) is 32.3 Å². The summed E-state index contributed by atoms with van der Waals surface area (Å²) in [6.07, 6.45) is 1.03. The summed E-state index contributed by atoms with van der Waals surface area (Å²) in [5.74, 6) is 0.430. The standard InChI is InChI=1S/C12H17BrClNO/c1-3-8(2)12(7-16)15-9-4-5-11(14)10(13)6-9/h4-6,8,12,15-16H,3,7H2,1-2H3. The highest BCUT2D eigenvalue weighted by Gasteiger charge is 2.14. The molecule has 2 N–H and O–H groups in total. The van der Waals surface area contributed by atoms with Crippen LogP contribution in [0, 0.1) is 5.92 Å². The molecule has 0 amide bonds. The molecule has 1 aromatic rings. The van der Waals surface area contributed by atoms with E-state index in [-0.39, 0.29) is 12.6 Å². The Balaban J connectivity index is 2.74. The Bertz CT molecular complexity index is 346. The monoisotopic (exact) mass is 305 g/mol. The van der Waals surface area contributed by atoms with Crippen molar-refractivity contribution in [1.82, 2.24) is 0 Å². The summed E-state index contributed by atoms with van der Waals surface area (Å²) in [6, 6.07) is 5.75. The first-order chi connectivity index (χ1) is 7.58. The fraction of sp³-hybridized carbons (Fsp3) is 0.500. The van der Waals surface area contributed by atoms with Crippen molar-refractivity contribution in [3.05, 3.63) is 27.7 Å². The largest absolute Gasteiger partial charge is 0.394 e. The third-order valence-corrected chi connectivity index (χ3v) is 4.01. The number of rotatable bonds is 5. The first kappa shape index (κ1) is 13.8.